The highest BCUT2D eigenvalue weighted by atomic mass is 19.1. The Hall–Kier alpha value is -2.14. The van der Waals surface area contributed by atoms with Crippen LogP contribution in [0.2, 0.25) is 0 Å². The smallest absolute Gasteiger partial charge is 0.131 e. The first-order valence-electron chi connectivity index (χ1n) is 6.02. The van der Waals surface area contributed by atoms with Gasteiger partial charge in [0.2, 0.25) is 0 Å². The molecule has 2 aromatic rings. The van der Waals surface area contributed by atoms with E-state index in [2.05, 4.69) is 6.07 Å². The topological polar surface area (TPSA) is 23.8 Å². The van der Waals surface area contributed by atoms with E-state index in [1.807, 2.05) is 30.3 Å². The maximum absolute atomic E-state index is 13.6. The van der Waals surface area contributed by atoms with E-state index >= 15 is 0 Å². The molecule has 0 bridgehead atoms. The van der Waals surface area contributed by atoms with Crippen LogP contribution < -0.4 is 0 Å². The van der Waals surface area contributed by atoms with Crippen molar-refractivity contribution in [3.63, 3.8) is 0 Å². The van der Waals surface area contributed by atoms with Gasteiger partial charge in [-0.15, -0.1) is 0 Å². The zero-order valence-electron chi connectivity index (χ0n) is 9.86. The molecular formula is C16H12FN. The fourth-order valence-corrected chi connectivity index (χ4v) is 2.25. The quantitative estimate of drug-likeness (QED) is 0.773. The third-order valence-corrected chi connectivity index (χ3v) is 3.59. The standard InChI is InChI=1S/C16H12FN/c17-15-4-2-1-3-14(15)12-5-7-13(8-6-12)16(11-18)9-10-16/h1-8H,9-10H2. The van der Waals surface area contributed by atoms with Gasteiger partial charge in [0.15, 0.2) is 0 Å². The van der Waals surface area contributed by atoms with Crippen LogP contribution in [0.5, 0.6) is 0 Å². The Balaban J connectivity index is 1.98. The number of halogens is 1. The lowest BCUT2D eigenvalue weighted by atomic mass is 9.95. The number of nitriles is 1. The number of benzene rings is 2. The van der Waals surface area contributed by atoms with Crippen LogP contribution in [-0.4, -0.2) is 0 Å². The lowest BCUT2D eigenvalue weighted by Gasteiger charge is -2.08. The highest BCUT2D eigenvalue weighted by molar-refractivity contribution is 5.64. The van der Waals surface area contributed by atoms with Gasteiger partial charge in [-0.1, -0.05) is 42.5 Å². The summed E-state index contributed by atoms with van der Waals surface area (Å²) in [6.45, 7) is 0. The first-order valence-corrected chi connectivity index (χ1v) is 6.02. The van der Waals surface area contributed by atoms with Crippen LogP contribution in [0.15, 0.2) is 48.5 Å². The summed E-state index contributed by atoms with van der Waals surface area (Å²) in [5, 5.41) is 9.13. The Kier molecular flexibility index (Phi) is 2.41. The van der Waals surface area contributed by atoms with E-state index in [4.69, 9.17) is 5.26 Å². The molecular weight excluding hydrogens is 225 g/mol. The van der Waals surface area contributed by atoms with E-state index in [9.17, 15) is 4.39 Å². The monoisotopic (exact) mass is 237 g/mol. The van der Waals surface area contributed by atoms with Gasteiger partial charge in [-0.05, 0) is 30.0 Å². The van der Waals surface area contributed by atoms with Crippen LogP contribution in [-0.2, 0) is 5.41 Å². The summed E-state index contributed by atoms with van der Waals surface area (Å²) in [6.07, 6.45) is 1.87. The zero-order valence-corrected chi connectivity index (χ0v) is 9.86. The molecule has 1 fully saturated rings. The van der Waals surface area contributed by atoms with Crippen LogP contribution in [0.25, 0.3) is 11.1 Å². The molecule has 2 heteroatoms. The predicted molar refractivity (Wildman–Crippen MR) is 68.4 cm³/mol. The molecule has 0 saturated heterocycles. The summed E-state index contributed by atoms with van der Waals surface area (Å²) in [5.41, 5.74) is 2.23. The molecule has 0 amide bonds. The summed E-state index contributed by atoms with van der Waals surface area (Å²) in [6, 6.07) is 16.8. The molecule has 0 spiro atoms. The van der Waals surface area contributed by atoms with Crippen molar-refractivity contribution in [1.82, 2.24) is 0 Å². The Morgan fingerprint density at radius 3 is 2.22 bits per heavy atom. The predicted octanol–water partition coefficient (Wildman–Crippen LogP) is 4.05. The Bertz CT molecular complexity index is 618. The van der Waals surface area contributed by atoms with Crippen LogP contribution in [0, 0.1) is 17.1 Å². The number of hydrogen-bond acceptors (Lipinski definition) is 1. The summed E-state index contributed by atoms with van der Waals surface area (Å²) in [4.78, 5) is 0. The number of rotatable bonds is 2. The van der Waals surface area contributed by atoms with Gasteiger partial charge in [0.05, 0.1) is 11.5 Å². The van der Waals surface area contributed by atoms with Crippen LogP contribution in [0.3, 0.4) is 0 Å². The zero-order chi connectivity index (χ0) is 12.6. The molecule has 0 aliphatic heterocycles. The first kappa shape index (κ1) is 11.0. The second-order valence-electron chi connectivity index (χ2n) is 4.75. The highest BCUT2D eigenvalue weighted by Gasteiger charge is 2.44. The Labute approximate surface area is 106 Å². The van der Waals surface area contributed by atoms with Crippen molar-refractivity contribution >= 4 is 0 Å². The molecule has 88 valence electrons. The molecule has 3 rings (SSSR count). The lowest BCUT2D eigenvalue weighted by Crippen LogP contribution is -2.01. The summed E-state index contributed by atoms with van der Waals surface area (Å²) < 4.78 is 13.6. The largest absolute Gasteiger partial charge is 0.206 e. The third kappa shape index (κ3) is 1.69. The van der Waals surface area contributed by atoms with Gasteiger partial charge >= 0.3 is 0 Å². The van der Waals surface area contributed by atoms with E-state index in [-0.39, 0.29) is 11.2 Å². The van der Waals surface area contributed by atoms with Crippen LogP contribution in [0.4, 0.5) is 4.39 Å². The van der Waals surface area contributed by atoms with E-state index in [0.717, 1.165) is 24.0 Å². The van der Waals surface area contributed by atoms with Crippen LogP contribution >= 0.6 is 0 Å². The highest BCUT2D eigenvalue weighted by Crippen LogP contribution is 2.47. The van der Waals surface area contributed by atoms with Gasteiger partial charge in [-0.2, -0.15) is 5.26 Å². The van der Waals surface area contributed by atoms with E-state index < -0.39 is 0 Å². The minimum absolute atomic E-state index is 0.216. The minimum Gasteiger partial charge on any atom is -0.206 e. The minimum atomic E-state index is -0.270. The van der Waals surface area contributed by atoms with Crippen molar-refractivity contribution in [1.29, 1.82) is 5.26 Å². The summed E-state index contributed by atoms with van der Waals surface area (Å²) >= 11 is 0. The second kappa shape index (κ2) is 3.96. The Morgan fingerprint density at radius 1 is 1.00 bits per heavy atom. The molecule has 1 nitrogen and oxygen atoms in total. The molecule has 0 heterocycles. The maximum Gasteiger partial charge on any atom is 0.131 e. The van der Waals surface area contributed by atoms with E-state index in [1.54, 1.807) is 12.1 Å². The molecule has 0 aromatic heterocycles. The number of nitrogens with zero attached hydrogens (tertiary/aromatic N) is 1. The molecule has 2 aromatic carbocycles. The molecule has 1 aliphatic rings. The lowest BCUT2D eigenvalue weighted by molar-refractivity contribution is 0.631. The first-order chi connectivity index (χ1) is 8.75. The molecule has 0 atom stereocenters. The molecule has 0 unspecified atom stereocenters. The average molecular weight is 237 g/mol. The van der Waals surface area contributed by atoms with Crippen molar-refractivity contribution in [2.24, 2.45) is 0 Å². The van der Waals surface area contributed by atoms with Gasteiger partial charge in [0.1, 0.15) is 5.82 Å². The van der Waals surface area contributed by atoms with Gasteiger partial charge in [0.25, 0.3) is 0 Å². The van der Waals surface area contributed by atoms with E-state index in [1.165, 1.54) is 6.07 Å². The van der Waals surface area contributed by atoms with Gasteiger partial charge < -0.3 is 0 Å². The van der Waals surface area contributed by atoms with Crippen LogP contribution in [0.1, 0.15) is 18.4 Å². The summed E-state index contributed by atoms with van der Waals surface area (Å²) in [7, 11) is 0. The second-order valence-corrected chi connectivity index (χ2v) is 4.75. The molecule has 0 radical (unpaired) electrons. The molecule has 18 heavy (non-hydrogen) atoms. The normalized spacial score (nSPS) is 16.0. The van der Waals surface area contributed by atoms with Gasteiger partial charge in [-0.3, -0.25) is 0 Å². The average Bonchev–Trinajstić information content (AvgIpc) is 3.21. The fourth-order valence-electron chi connectivity index (χ4n) is 2.25. The molecule has 0 N–H and O–H groups in total. The van der Waals surface area contributed by atoms with Gasteiger partial charge in [-0.25, -0.2) is 4.39 Å². The van der Waals surface area contributed by atoms with Crippen molar-refractivity contribution in [2.45, 2.75) is 18.3 Å². The summed E-state index contributed by atoms with van der Waals surface area (Å²) in [5.74, 6) is -0.216. The SMILES string of the molecule is N#CC1(c2ccc(-c3ccccc3F)cc2)CC1. The van der Waals surface area contributed by atoms with E-state index in [0.29, 0.717) is 5.56 Å². The molecule has 1 aliphatic carbocycles. The van der Waals surface area contributed by atoms with Crippen molar-refractivity contribution < 1.29 is 4.39 Å². The fraction of sp³-hybridized carbons (Fsp3) is 0.188. The maximum atomic E-state index is 13.6. The number of hydrogen-bond donors (Lipinski definition) is 0. The van der Waals surface area contributed by atoms with Crippen molar-refractivity contribution in [3.05, 3.63) is 59.9 Å². The van der Waals surface area contributed by atoms with Gasteiger partial charge in [0, 0.05) is 5.56 Å². The molecule has 1 saturated carbocycles. The Morgan fingerprint density at radius 2 is 1.67 bits per heavy atom. The van der Waals surface area contributed by atoms with Crippen molar-refractivity contribution in [3.8, 4) is 17.2 Å². The third-order valence-electron chi connectivity index (χ3n) is 3.59. The van der Waals surface area contributed by atoms with Crippen molar-refractivity contribution in [2.75, 3.05) is 0 Å².